The first kappa shape index (κ1) is 13.8. The minimum absolute atomic E-state index is 0.252. The number of methoxy groups -OCH3 is 1. The van der Waals surface area contributed by atoms with E-state index in [1.165, 1.54) is 6.20 Å². The minimum atomic E-state index is -0.941. The molecule has 0 radical (unpaired) electrons. The van der Waals surface area contributed by atoms with Crippen LogP contribution in [0.3, 0.4) is 0 Å². The molecule has 5 nitrogen and oxygen atoms in total. The van der Waals surface area contributed by atoms with Crippen molar-refractivity contribution in [3.05, 3.63) is 36.0 Å². The molecule has 21 heavy (non-hydrogen) atoms. The van der Waals surface area contributed by atoms with Crippen LogP contribution in [-0.4, -0.2) is 42.9 Å². The lowest BCUT2D eigenvalue weighted by Gasteiger charge is -2.20. The molecule has 1 N–H and O–H groups in total. The maximum atomic E-state index is 11.3. The van der Waals surface area contributed by atoms with Gasteiger partial charge in [0.25, 0.3) is 0 Å². The lowest BCUT2D eigenvalue weighted by atomic mass is 10.1. The Morgan fingerprint density at radius 1 is 1.43 bits per heavy atom. The maximum absolute atomic E-state index is 11.3. The molecule has 2 heterocycles. The number of carboxylic acids is 1. The highest BCUT2D eigenvalue weighted by Gasteiger charge is 2.25. The smallest absolute Gasteiger partial charge is 0.337 e. The highest BCUT2D eigenvalue weighted by Crippen LogP contribution is 2.30. The number of aromatic nitrogens is 1. The second-order valence-electron chi connectivity index (χ2n) is 5.40. The van der Waals surface area contributed by atoms with Crippen molar-refractivity contribution in [2.75, 3.05) is 31.7 Å². The second-order valence-corrected chi connectivity index (χ2v) is 5.40. The number of hydrogen-bond acceptors (Lipinski definition) is 4. The van der Waals surface area contributed by atoms with Gasteiger partial charge < -0.3 is 14.7 Å². The Labute approximate surface area is 123 Å². The zero-order chi connectivity index (χ0) is 14.8. The average Bonchev–Trinajstić information content (AvgIpc) is 2.94. The summed E-state index contributed by atoms with van der Waals surface area (Å²) >= 11 is 0. The molecule has 1 atom stereocenters. The number of carbonyl (C=O) groups is 1. The van der Waals surface area contributed by atoms with Gasteiger partial charge in [0.05, 0.1) is 12.2 Å². The summed E-state index contributed by atoms with van der Waals surface area (Å²) in [5, 5.41) is 10.9. The summed E-state index contributed by atoms with van der Waals surface area (Å²) in [5.41, 5.74) is 0.252. The first-order valence-electron chi connectivity index (χ1n) is 7.05. The molecule has 1 aliphatic heterocycles. The van der Waals surface area contributed by atoms with Crippen molar-refractivity contribution in [3.63, 3.8) is 0 Å². The maximum Gasteiger partial charge on any atom is 0.337 e. The minimum Gasteiger partial charge on any atom is -0.478 e. The number of anilines is 1. The number of rotatable bonds is 4. The molecule has 3 rings (SSSR count). The Morgan fingerprint density at radius 2 is 2.19 bits per heavy atom. The topological polar surface area (TPSA) is 62.7 Å². The molecule has 1 saturated heterocycles. The summed E-state index contributed by atoms with van der Waals surface area (Å²) in [4.78, 5) is 17.9. The van der Waals surface area contributed by atoms with Crippen LogP contribution in [0.2, 0.25) is 0 Å². The quantitative estimate of drug-likeness (QED) is 0.935. The van der Waals surface area contributed by atoms with Crippen molar-refractivity contribution >= 4 is 22.6 Å². The lowest BCUT2D eigenvalue weighted by Crippen LogP contribution is -2.22. The Morgan fingerprint density at radius 3 is 2.90 bits per heavy atom. The van der Waals surface area contributed by atoms with Crippen molar-refractivity contribution in [1.29, 1.82) is 0 Å². The third kappa shape index (κ3) is 2.56. The molecule has 5 heteroatoms. The number of benzene rings is 1. The largest absolute Gasteiger partial charge is 0.478 e. The SMILES string of the molecule is COCC1CCN(c2ncc(C(=O)O)c3ccccc23)C1. The van der Waals surface area contributed by atoms with Gasteiger partial charge in [-0.05, 0) is 6.42 Å². The third-order valence-electron chi connectivity index (χ3n) is 3.99. The fourth-order valence-electron chi connectivity index (χ4n) is 3.00. The van der Waals surface area contributed by atoms with E-state index in [2.05, 4.69) is 9.88 Å². The number of aromatic carboxylic acids is 1. The van der Waals surface area contributed by atoms with E-state index < -0.39 is 5.97 Å². The number of pyridine rings is 1. The van der Waals surface area contributed by atoms with Crippen molar-refractivity contribution in [2.45, 2.75) is 6.42 Å². The van der Waals surface area contributed by atoms with Crippen LogP contribution in [0.25, 0.3) is 10.8 Å². The monoisotopic (exact) mass is 286 g/mol. The van der Waals surface area contributed by atoms with E-state index in [1.807, 2.05) is 24.3 Å². The molecule has 1 fully saturated rings. The fourth-order valence-corrected chi connectivity index (χ4v) is 3.00. The fraction of sp³-hybridized carbons (Fsp3) is 0.375. The van der Waals surface area contributed by atoms with Crippen molar-refractivity contribution in [1.82, 2.24) is 4.98 Å². The van der Waals surface area contributed by atoms with Gasteiger partial charge in [-0.3, -0.25) is 0 Å². The van der Waals surface area contributed by atoms with Gasteiger partial charge in [-0.2, -0.15) is 0 Å². The molecule has 110 valence electrons. The van der Waals surface area contributed by atoms with Crippen LogP contribution in [0.5, 0.6) is 0 Å². The predicted molar refractivity (Wildman–Crippen MR) is 80.9 cm³/mol. The molecule has 0 aliphatic carbocycles. The number of carboxylic acid groups (broad SMARTS) is 1. The summed E-state index contributed by atoms with van der Waals surface area (Å²) in [6.45, 7) is 2.58. The van der Waals surface area contributed by atoms with Crippen LogP contribution in [0.4, 0.5) is 5.82 Å². The van der Waals surface area contributed by atoms with Gasteiger partial charge in [-0.1, -0.05) is 24.3 Å². The van der Waals surface area contributed by atoms with Crippen LogP contribution >= 0.6 is 0 Å². The van der Waals surface area contributed by atoms with Crippen molar-refractivity contribution in [2.24, 2.45) is 5.92 Å². The summed E-state index contributed by atoms with van der Waals surface area (Å²) in [7, 11) is 1.72. The van der Waals surface area contributed by atoms with Crippen LogP contribution in [0, 0.1) is 5.92 Å². The zero-order valence-corrected chi connectivity index (χ0v) is 12.0. The molecule has 0 amide bonds. The Balaban J connectivity index is 2.01. The van der Waals surface area contributed by atoms with Gasteiger partial charge in [0.15, 0.2) is 0 Å². The molecule has 1 unspecified atom stereocenters. The molecular weight excluding hydrogens is 268 g/mol. The Hall–Kier alpha value is -2.14. The molecule has 1 aromatic heterocycles. The zero-order valence-electron chi connectivity index (χ0n) is 12.0. The molecule has 1 aromatic carbocycles. The van der Waals surface area contributed by atoms with Crippen LogP contribution in [0.1, 0.15) is 16.8 Å². The lowest BCUT2D eigenvalue weighted by molar-refractivity contribution is 0.0698. The third-order valence-corrected chi connectivity index (χ3v) is 3.99. The van der Waals surface area contributed by atoms with E-state index in [4.69, 9.17) is 4.74 Å². The van der Waals surface area contributed by atoms with Gasteiger partial charge in [-0.15, -0.1) is 0 Å². The van der Waals surface area contributed by atoms with Gasteiger partial charge in [-0.25, -0.2) is 9.78 Å². The summed E-state index contributed by atoms with van der Waals surface area (Å²) in [6.07, 6.45) is 2.54. The number of nitrogens with zero attached hydrogens (tertiary/aromatic N) is 2. The highest BCUT2D eigenvalue weighted by atomic mass is 16.5. The Kier molecular flexibility index (Phi) is 3.75. The van der Waals surface area contributed by atoms with E-state index in [0.717, 1.165) is 42.7 Å². The molecule has 0 spiro atoms. The van der Waals surface area contributed by atoms with E-state index in [1.54, 1.807) is 7.11 Å². The predicted octanol–water partition coefficient (Wildman–Crippen LogP) is 2.41. The molecule has 0 saturated carbocycles. The van der Waals surface area contributed by atoms with Gasteiger partial charge in [0.1, 0.15) is 5.82 Å². The average molecular weight is 286 g/mol. The number of hydrogen-bond donors (Lipinski definition) is 1. The van der Waals surface area contributed by atoms with Gasteiger partial charge in [0.2, 0.25) is 0 Å². The molecule has 2 aromatic rings. The van der Waals surface area contributed by atoms with Crippen LogP contribution in [0.15, 0.2) is 30.5 Å². The van der Waals surface area contributed by atoms with Gasteiger partial charge in [0, 0.05) is 43.1 Å². The summed E-state index contributed by atoms with van der Waals surface area (Å²) < 4.78 is 5.22. The summed E-state index contributed by atoms with van der Waals surface area (Å²) in [5.74, 6) is 0.438. The van der Waals surface area contributed by atoms with E-state index >= 15 is 0 Å². The summed E-state index contributed by atoms with van der Waals surface area (Å²) in [6, 6.07) is 7.55. The van der Waals surface area contributed by atoms with E-state index in [-0.39, 0.29) is 5.56 Å². The second kappa shape index (κ2) is 5.69. The normalized spacial score (nSPS) is 18.3. The van der Waals surface area contributed by atoms with Crippen LogP contribution < -0.4 is 4.90 Å². The first-order chi connectivity index (χ1) is 10.2. The number of fused-ring (bicyclic) bond motifs is 1. The van der Waals surface area contributed by atoms with E-state index in [0.29, 0.717) is 5.92 Å². The first-order valence-corrected chi connectivity index (χ1v) is 7.05. The van der Waals surface area contributed by atoms with Gasteiger partial charge >= 0.3 is 5.97 Å². The molecule has 0 bridgehead atoms. The van der Waals surface area contributed by atoms with Crippen molar-refractivity contribution < 1.29 is 14.6 Å². The molecular formula is C16H18N2O3. The standard InChI is InChI=1S/C16H18N2O3/c1-21-10-11-6-7-18(9-11)15-13-5-3-2-4-12(13)14(8-17-15)16(19)20/h2-5,8,11H,6-7,9-10H2,1H3,(H,19,20). The van der Waals surface area contributed by atoms with E-state index in [9.17, 15) is 9.90 Å². The Bertz CT molecular complexity index is 672. The highest BCUT2D eigenvalue weighted by molar-refractivity contribution is 6.06. The van der Waals surface area contributed by atoms with Crippen LogP contribution in [-0.2, 0) is 4.74 Å². The number of ether oxygens (including phenoxy) is 1. The van der Waals surface area contributed by atoms with Crippen molar-refractivity contribution in [3.8, 4) is 0 Å². The molecule has 1 aliphatic rings.